The Morgan fingerprint density at radius 3 is 2.75 bits per heavy atom. The first-order valence-electron chi connectivity index (χ1n) is 5.99. The first-order valence-corrected chi connectivity index (χ1v) is 5.99. The van der Waals surface area contributed by atoms with Gasteiger partial charge in [-0.2, -0.15) is 5.10 Å². The van der Waals surface area contributed by atoms with Crippen molar-refractivity contribution in [3.63, 3.8) is 0 Å². The molecule has 2 unspecified atom stereocenters. The highest BCUT2D eigenvalue weighted by molar-refractivity contribution is 5.15. The number of nitrogens with one attached hydrogen (secondary N) is 1. The number of aromatic nitrogens is 2. The number of likely N-dealkylation sites (N-methyl/N-ethyl adjacent to an activating group) is 1. The predicted molar refractivity (Wildman–Crippen MR) is 65.3 cm³/mol. The van der Waals surface area contributed by atoms with Crippen LogP contribution in [0.15, 0.2) is 6.20 Å². The van der Waals surface area contributed by atoms with Gasteiger partial charge >= 0.3 is 0 Å². The highest BCUT2D eigenvalue weighted by Gasteiger charge is 2.25. The fourth-order valence-corrected chi connectivity index (χ4v) is 2.42. The van der Waals surface area contributed by atoms with Crippen molar-refractivity contribution >= 4 is 0 Å². The molecule has 1 aliphatic rings. The maximum atomic E-state index is 4.35. The third kappa shape index (κ3) is 2.44. The lowest BCUT2D eigenvalue weighted by Crippen LogP contribution is -2.31. The minimum absolute atomic E-state index is 0.625. The van der Waals surface area contributed by atoms with Crippen LogP contribution >= 0.6 is 0 Å². The second-order valence-corrected chi connectivity index (χ2v) is 5.02. The average molecular weight is 222 g/mol. The lowest BCUT2D eigenvalue weighted by Gasteiger charge is -2.13. The van der Waals surface area contributed by atoms with Crippen LogP contribution in [-0.2, 0) is 13.6 Å². The Bertz CT molecular complexity index is 348. The van der Waals surface area contributed by atoms with E-state index in [1.165, 1.54) is 12.0 Å². The Labute approximate surface area is 97.6 Å². The second kappa shape index (κ2) is 4.55. The summed E-state index contributed by atoms with van der Waals surface area (Å²) in [5, 5.41) is 7.97. The average Bonchev–Trinajstić information content (AvgIpc) is 2.68. The molecule has 0 aliphatic carbocycles. The molecular formula is C12H22N4. The molecule has 90 valence electrons. The summed E-state index contributed by atoms with van der Waals surface area (Å²) in [4.78, 5) is 2.41. The first-order chi connectivity index (χ1) is 7.56. The lowest BCUT2D eigenvalue weighted by molar-refractivity contribution is 0.326. The van der Waals surface area contributed by atoms with Gasteiger partial charge in [-0.3, -0.25) is 4.68 Å². The van der Waals surface area contributed by atoms with Crippen LogP contribution in [0.4, 0.5) is 0 Å². The Kier molecular flexibility index (Phi) is 3.30. The first kappa shape index (κ1) is 11.6. The number of rotatable bonds is 3. The Morgan fingerprint density at radius 2 is 2.25 bits per heavy atom. The SMILES string of the molecule is Cc1nn(C)cc1CNC1CC(C)N(C)C1. The van der Waals surface area contributed by atoms with Crippen molar-refractivity contribution in [3.8, 4) is 0 Å². The molecule has 0 amide bonds. The molecule has 16 heavy (non-hydrogen) atoms. The van der Waals surface area contributed by atoms with E-state index >= 15 is 0 Å². The molecular weight excluding hydrogens is 200 g/mol. The summed E-state index contributed by atoms with van der Waals surface area (Å²) >= 11 is 0. The van der Waals surface area contributed by atoms with E-state index in [0.717, 1.165) is 18.8 Å². The molecule has 4 heteroatoms. The van der Waals surface area contributed by atoms with Gasteiger partial charge in [0.15, 0.2) is 0 Å². The molecule has 2 atom stereocenters. The van der Waals surface area contributed by atoms with E-state index in [1.807, 2.05) is 11.7 Å². The van der Waals surface area contributed by atoms with Gasteiger partial charge in [0.05, 0.1) is 5.69 Å². The van der Waals surface area contributed by atoms with Crippen molar-refractivity contribution in [2.75, 3.05) is 13.6 Å². The van der Waals surface area contributed by atoms with E-state index in [2.05, 4.69) is 42.4 Å². The smallest absolute Gasteiger partial charge is 0.0638 e. The van der Waals surface area contributed by atoms with Crippen molar-refractivity contribution in [1.29, 1.82) is 0 Å². The third-order valence-corrected chi connectivity index (χ3v) is 3.58. The molecule has 1 aromatic heterocycles. The molecule has 1 aliphatic heterocycles. The van der Waals surface area contributed by atoms with E-state index < -0.39 is 0 Å². The van der Waals surface area contributed by atoms with Gasteiger partial charge in [-0.05, 0) is 27.3 Å². The molecule has 1 fully saturated rings. The highest BCUT2D eigenvalue weighted by Crippen LogP contribution is 2.15. The molecule has 0 aromatic carbocycles. The van der Waals surface area contributed by atoms with Crippen molar-refractivity contribution in [2.24, 2.45) is 7.05 Å². The lowest BCUT2D eigenvalue weighted by atomic mass is 10.2. The molecule has 1 aromatic rings. The van der Waals surface area contributed by atoms with Crippen LogP contribution in [0.25, 0.3) is 0 Å². The van der Waals surface area contributed by atoms with Gasteiger partial charge in [0.2, 0.25) is 0 Å². The molecule has 0 bridgehead atoms. The van der Waals surface area contributed by atoms with Crippen molar-refractivity contribution in [3.05, 3.63) is 17.5 Å². The van der Waals surface area contributed by atoms with Crippen LogP contribution in [0.1, 0.15) is 24.6 Å². The van der Waals surface area contributed by atoms with Crippen LogP contribution in [0.2, 0.25) is 0 Å². The van der Waals surface area contributed by atoms with Gasteiger partial charge in [-0.15, -0.1) is 0 Å². The second-order valence-electron chi connectivity index (χ2n) is 5.02. The summed E-state index contributed by atoms with van der Waals surface area (Å²) in [6, 6.07) is 1.33. The number of nitrogens with zero attached hydrogens (tertiary/aromatic N) is 3. The topological polar surface area (TPSA) is 33.1 Å². The molecule has 0 spiro atoms. The largest absolute Gasteiger partial charge is 0.308 e. The normalized spacial score (nSPS) is 26.5. The van der Waals surface area contributed by atoms with E-state index in [0.29, 0.717) is 12.1 Å². The van der Waals surface area contributed by atoms with Crippen molar-refractivity contribution in [2.45, 2.75) is 38.9 Å². The molecule has 1 saturated heterocycles. The summed E-state index contributed by atoms with van der Waals surface area (Å²) in [5.41, 5.74) is 2.44. The van der Waals surface area contributed by atoms with Crippen molar-refractivity contribution < 1.29 is 0 Å². The number of likely N-dealkylation sites (tertiary alicyclic amines) is 1. The van der Waals surface area contributed by atoms with Crippen molar-refractivity contribution in [1.82, 2.24) is 20.0 Å². The fourth-order valence-electron chi connectivity index (χ4n) is 2.42. The molecule has 0 saturated carbocycles. The molecule has 1 N–H and O–H groups in total. The van der Waals surface area contributed by atoms with Gasteiger partial charge in [-0.25, -0.2) is 0 Å². The molecule has 2 rings (SSSR count). The summed E-state index contributed by atoms with van der Waals surface area (Å²) in [6.45, 7) is 6.45. The minimum Gasteiger partial charge on any atom is -0.308 e. The van der Waals surface area contributed by atoms with Gasteiger partial charge in [-0.1, -0.05) is 0 Å². The van der Waals surface area contributed by atoms with Crippen LogP contribution in [-0.4, -0.2) is 40.4 Å². The summed E-state index contributed by atoms with van der Waals surface area (Å²) < 4.78 is 1.88. The summed E-state index contributed by atoms with van der Waals surface area (Å²) in [7, 11) is 4.17. The molecule has 4 nitrogen and oxygen atoms in total. The number of hydrogen-bond acceptors (Lipinski definition) is 3. The number of hydrogen-bond donors (Lipinski definition) is 1. The fraction of sp³-hybridized carbons (Fsp3) is 0.750. The van der Waals surface area contributed by atoms with Crippen LogP contribution in [0.3, 0.4) is 0 Å². The van der Waals surface area contributed by atoms with Gasteiger partial charge < -0.3 is 10.2 Å². The zero-order valence-corrected chi connectivity index (χ0v) is 10.7. The van der Waals surface area contributed by atoms with Crippen LogP contribution in [0.5, 0.6) is 0 Å². The Morgan fingerprint density at radius 1 is 1.50 bits per heavy atom. The summed E-state index contributed by atoms with van der Waals surface area (Å²) in [5.74, 6) is 0. The Hall–Kier alpha value is -0.870. The zero-order valence-electron chi connectivity index (χ0n) is 10.7. The van der Waals surface area contributed by atoms with Gasteiger partial charge in [0, 0.05) is 44.0 Å². The van der Waals surface area contributed by atoms with Gasteiger partial charge in [0.1, 0.15) is 0 Å². The van der Waals surface area contributed by atoms with E-state index in [-0.39, 0.29) is 0 Å². The highest BCUT2D eigenvalue weighted by atomic mass is 15.3. The quantitative estimate of drug-likeness (QED) is 0.825. The van der Waals surface area contributed by atoms with E-state index in [4.69, 9.17) is 0 Å². The molecule has 0 radical (unpaired) electrons. The standard InChI is InChI=1S/C12H22N4/c1-9-5-12(8-15(9)3)13-6-11-7-16(4)14-10(11)2/h7,9,12-13H,5-6,8H2,1-4H3. The van der Waals surface area contributed by atoms with Gasteiger partial charge in [0.25, 0.3) is 0 Å². The van der Waals surface area contributed by atoms with E-state index in [1.54, 1.807) is 0 Å². The monoisotopic (exact) mass is 222 g/mol. The predicted octanol–water partition coefficient (Wildman–Crippen LogP) is 0.911. The summed E-state index contributed by atoms with van der Waals surface area (Å²) in [6.07, 6.45) is 3.35. The van der Waals surface area contributed by atoms with Crippen LogP contribution < -0.4 is 5.32 Å². The van der Waals surface area contributed by atoms with Crippen LogP contribution in [0, 0.1) is 6.92 Å². The maximum absolute atomic E-state index is 4.35. The van der Waals surface area contributed by atoms with E-state index in [9.17, 15) is 0 Å². The minimum atomic E-state index is 0.625. The Balaban J connectivity index is 1.86. The maximum Gasteiger partial charge on any atom is 0.0638 e. The number of aryl methyl sites for hydroxylation is 2. The third-order valence-electron chi connectivity index (χ3n) is 3.58. The zero-order chi connectivity index (χ0) is 11.7. The molecule has 2 heterocycles.